The largest absolute Gasteiger partial charge is 0.397 e. The van der Waals surface area contributed by atoms with Crippen LogP contribution in [0.2, 0.25) is 0 Å². The molecule has 0 bridgehead atoms. The lowest BCUT2D eigenvalue weighted by Gasteiger charge is -2.13. The van der Waals surface area contributed by atoms with Gasteiger partial charge in [-0.3, -0.25) is 0 Å². The number of rotatable bonds is 5. The van der Waals surface area contributed by atoms with E-state index in [1.807, 2.05) is 0 Å². The molecule has 0 aliphatic heterocycles. The van der Waals surface area contributed by atoms with Gasteiger partial charge < -0.3 is 10.3 Å². The summed E-state index contributed by atoms with van der Waals surface area (Å²) >= 11 is 0. The first-order chi connectivity index (χ1) is 9.81. The fourth-order valence-electron chi connectivity index (χ4n) is 1.97. The van der Waals surface area contributed by atoms with E-state index in [4.69, 9.17) is 10.3 Å². The molecule has 0 unspecified atom stereocenters. The van der Waals surface area contributed by atoms with Crippen LogP contribution in [0, 0.1) is 20.8 Å². The molecule has 0 atom stereocenters. The first-order valence-electron chi connectivity index (χ1n) is 6.46. The molecule has 2 rings (SSSR count). The molecule has 114 valence electrons. The minimum absolute atomic E-state index is 0.129. The van der Waals surface area contributed by atoms with Crippen molar-refractivity contribution >= 4 is 15.7 Å². The van der Waals surface area contributed by atoms with E-state index in [9.17, 15) is 8.42 Å². The highest BCUT2D eigenvalue weighted by Crippen LogP contribution is 2.25. The minimum atomic E-state index is -3.67. The first-order valence-corrected chi connectivity index (χ1v) is 7.94. The summed E-state index contributed by atoms with van der Waals surface area (Å²) in [5, 5.41) is 3.65. The Morgan fingerprint density at radius 2 is 1.90 bits per heavy atom. The zero-order valence-corrected chi connectivity index (χ0v) is 13.0. The Morgan fingerprint density at radius 1 is 1.24 bits per heavy atom. The highest BCUT2D eigenvalue weighted by molar-refractivity contribution is 7.89. The zero-order valence-electron chi connectivity index (χ0n) is 12.2. The number of nitrogens with zero attached hydrogens (tertiary/aromatic N) is 2. The van der Waals surface area contributed by atoms with Crippen LogP contribution in [-0.2, 0) is 16.4 Å². The van der Waals surface area contributed by atoms with Gasteiger partial charge in [-0.25, -0.2) is 13.1 Å². The van der Waals surface area contributed by atoms with Crippen molar-refractivity contribution in [3.63, 3.8) is 0 Å². The van der Waals surface area contributed by atoms with Gasteiger partial charge in [0.25, 0.3) is 0 Å². The topological polar surface area (TPSA) is 111 Å². The van der Waals surface area contributed by atoms with Gasteiger partial charge >= 0.3 is 0 Å². The van der Waals surface area contributed by atoms with Crippen LogP contribution in [0.15, 0.2) is 21.6 Å². The van der Waals surface area contributed by atoms with Gasteiger partial charge in [-0.15, -0.1) is 0 Å². The Kier molecular flexibility index (Phi) is 4.29. The molecule has 3 N–H and O–H groups in total. The normalized spacial score (nSPS) is 11.8. The fraction of sp³-hybridized carbons (Fsp3) is 0.385. The number of nitrogen functional groups attached to an aromatic ring is 1. The lowest BCUT2D eigenvalue weighted by Crippen LogP contribution is -2.27. The van der Waals surface area contributed by atoms with Crippen LogP contribution in [0.1, 0.15) is 22.8 Å². The summed E-state index contributed by atoms with van der Waals surface area (Å²) in [7, 11) is -3.67. The van der Waals surface area contributed by atoms with Crippen molar-refractivity contribution in [1.29, 1.82) is 0 Å². The van der Waals surface area contributed by atoms with Gasteiger partial charge in [0.2, 0.25) is 15.9 Å². The smallest absolute Gasteiger partial charge is 0.242 e. The molecular formula is C13H18N4O3S. The van der Waals surface area contributed by atoms with E-state index >= 15 is 0 Å². The number of sulfonamides is 1. The molecule has 0 saturated heterocycles. The number of benzene rings is 1. The van der Waals surface area contributed by atoms with Gasteiger partial charge in [0.05, 0.1) is 5.69 Å². The van der Waals surface area contributed by atoms with E-state index in [-0.39, 0.29) is 17.1 Å². The van der Waals surface area contributed by atoms with Crippen molar-refractivity contribution in [2.45, 2.75) is 32.1 Å². The summed E-state index contributed by atoms with van der Waals surface area (Å²) < 4.78 is 32.2. The van der Waals surface area contributed by atoms with Crippen molar-refractivity contribution in [3.8, 4) is 0 Å². The molecule has 0 radical (unpaired) electrons. The van der Waals surface area contributed by atoms with Gasteiger partial charge in [0, 0.05) is 13.0 Å². The van der Waals surface area contributed by atoms with Crippen molar-refractivity contribution in [2.75, 3.05) is 12.3 Å². The molecule has 0 saturated carbocycles. The van der Waals surface area contributed by atoms with Gasteiger partial charge in [-0.2, -0.15) is 4.98 Å². The van der Waals surface area contributed by atoms with Crippen LogP contribution >= 0.6 is 0 Å². The van der Waals surface area contributed by atoms with E-state index in [1.54, 1.807) is 32.9 Å². The molecule has 21 heavy (non-hydrogen) atoms. The molecule has 0 fully saturated rings. The lowest BCUT2D eigenvalue weighted by molar-refractivity contribution is 0.375. The zero-order chi connectivity index (χ0) is 15.6. The molecular weight excluding hydrogens is 292 g/mol. The molecule has 1 aromatic heterocycles. The summed E-state index contributed by atoms with van der Waals surface area (Å²) in [6, 6.07) is 3.53. The van der Waals surface area contributed by atoms with Crippen LogP contribution in [0.25, 0.3) is 0 Å². The third-order valence-electron chi connectivity index (χ3n) is 3.08. The predicted molar refractivity (Wildman–Crippen MR) is 78.3 cm³/mol. The maximum Gasteiger partial charge on any atom is 0.242 e. The average molecular weight is 310 g/mol. The highest BCUT2D eigenvalue weighted by atomic mass is 32.2. The monoisotopic (exact) mass is 310 g/mol. The van der Waals surface area contributed by atoms with Crippen molar-refractivity contribution in [1.82, 2.24) is 14.9 Å². The molecule has 0 spiro atoms. The molecule has 0 amide bonds. The highest BCUT2D eigenvalue weighted by Gasteiger charge is 2.21. The number of anilines is 1. The lowest BCUT2D eigenvalue weighted by atomic mass is 10.1. The molecule has 1 heterocycles. The summed E-state index contributed by atoms with van der Waals surface area (Å²) in [6.07, 6.45) is 0.324. The molecule has 0 aliphatic carbocycles. The second-order valence-corrected chi connectivity index (χ2v) is 6.53. The Bertz CT molecular complexity index is 753. The number of nitrogens with one attached hydrogen (secondary N) is 1. The van der Waals surface area contributed by atoms with Crippen molar-refractivity contribution in [3.05, 3.63) is 35.0 Å². The van der Waals surface area contributed by atoms with Crippen LogP contribution in [0.3, 0.4) is 0 Å². The van der Waals surface area contributed by atoms with E-state index < -0.39 is 10.0 Å². The van der Waals surface area contributed by atoms with Crippen molar-refractivity contribution < 1.29 is 12.9 Å². The molecule has 7 nitrogen and oxygen atoms in total. The van der Waals surface area contributed by atoms with E-state index in [0.717, 1.165) is 5.56 Å². The third-order valence-corrected chi connectivity index (χ3v) is 4.74. The average Bonchev–Trinajstić information content (AvgIpc) is 2.80. The minimum Gasteiger partial charge on any atom is -0.397 e. The van der Waals surface area contributed by atoms with Gasteiger partial charge in [0.15, 0.2) is 5.82 Å². The van der Waals surface area contributed by atoms with E-state index in [0.29, 0.717) is 23.7 Å². The number of aryl methyl sites for hydroxylation is 3. The Labute approximate surface area is 123 Å². The third kappa shape index (κ3) is 3.40. The van der Waals surface area contributed by atoms with Gasteiger partial charge in [0.1, 0.15) is 4.90 Å². The predicted octanol–water partition coefficient (Wildman–Crippen LogP) is 1.10. The maximum absolute atomic E-state index is 12.4. The molecule has 8 heteroatoms. The van der Waals surface area contributed by atoms with E-state index in [2.05, 4.69) is 14.9 Å². The second-order valence-electron chi connectivity index (χ2n) is 4.83. The quantitative estimate of drug-likeness (QED) is 0.800. The van der Waals surface area contributed by atoms with Gasteiger partial charge in [-0.05, 0) is 31.9 Å². The first kappa shape index (κ1) is 15.5. The van der Waals surface area contributed by atoms with Crippen LogP contribution in [-0.4, -0.2) is 25.1 Å². The second kappa shape index (κ2) is 5.82. The van der Waals surface area contributed by atoms with Crippen LogP contribution in [0.5, 0.6) is 0 Å². The molecule has 0 aliphatic rings. The summed E-state index contributed by atoms with van der Waals surface area (Å²) in [6.45, 7) is 5.35. The maximum atomic E-state index is 12.4. The summed E-state index contributed by atoms with van der Waals surface area (Å²) in [5.41, 5.74) is 7.51. The van der Waals surface area contributed by atoms with Crippen molar-refractivity contribution in [2.24, 2.45) is 0 Å². The Morgan fingerprint density at radius 3 is 2.52 bits per heavy atom. The van der Waals surface area contributed by atoms with Crippen LogP contribution in [0.4, 0.5) is 5.69 Å². The number of aromatic nitrogens is 2. The molecule has 1 aromatic carbocycles. The Hall–Kier alpha value is -1.93. The SMILES string of the molecule is Cc1noc(CCNS(=O)(=O)c2c(C)ccc(C)c2N)n1. The van der Waals surface area contributed by atoms with Gasteiger partial charge in [-0.1, -0.05) is 17.3 Å². The number of hydrogen-bond acceptors (Lipinski definition) is 6. The number of hydrogen-bond donors (Lipinski definition) is 2. The Balaban J connectivity index is 2.14. The van der Waals surface area contributed by atoms with E-state index in [1.165, 1.54) is 0 Å². The van der Waals surface area contributed by atoms with Crippen LogP contribution < -0.4 is 10.5 Å². The summed E-state index contributed by atoms with van der Waals surface area (Å²) in [5.74, 6) is 0.913. The number of nitrogens with two attached hydrogens (primary N) is 1. The fourth-order valence-corrected chi connectivity index (χ4v) is 3.43. The summed E-state index contributed by atoms with van der Waals surface area (Å²) in [4.78, 5) is 4.14. The molecule has 2 aromatic rings. The standard InChI is InChI=1S/C13H18N4O3S/c1-8-4-5-9(2)13(12(8)14)21(18,19)15-7-6-11-16-10(3)17-20-11/h4-5,15H,6-7,14H2,1-3H3.